The molecule has 4 aliphatic rings. The summed E-state index contributed by atoms with van der Waals surface area (Å²) in [5, 5.41) is 3.79. The molecule has 4 bridgehead atoms. The Morgan fingerprint density at radius 3 is 2.18 bits per heavy atom. The Balaban J connectivity index is 1.94. The minimum Gasteiger partial charge on any atom is -0.309 e. The maximum Gasteiger partial charge on any atom is 0.0161 e. The second kappa shape index (κ2) is 1.82. The molecule has 2 heterocycles. The van der Waals surface area contributed by atoms with Gasteiger partial charge < -0.3 is 5.32 Å². The van der Waals surface area contributed by atoms with Crippen molar-refractivity contribution in [2.24, 2.45) is 11.8 Å². The van der Waals surface area contributed by atoms with Crippen molar-refractivity contribution < 1.29 is 0 Å². The quantitative estimate of drug-likeness (QED) is 0.558. The summed E-state index contributed by atoms with van der Waals surface area (Å²) >= 11 is 0. The monoisotopic (exact) mass is 151 g/mol. The van der Waals surface area contributed by atoms with Gasteiger partial charge in [0.15, 0.2) is 0 Å². The lowest BCUT2D eigenvalue weighted by Gasteiger charge is -2.56. The first-order valence-corrected chi connectivity index (χ1v) is 5.01. The van der Waals surface area contributed by atoms with Crippen molar-refractivity contribution in [2.75, 3.05) is 0 Å². The van der Waals surface area contributed by atoms with Crippen molar-refractivity contribution in [3.8, 4) is 0 Å². The molecule has 2 aliphatic carbocycles. The van der Waals surface area contributed by atoms with Crippen LogP contribution in [0.3, 0.4) is 0 Å². The van der Waals surface area contributed by atoms with Gasteiger partial charge >= 0.3 is 0 Å². The molecule has 0 aromatic heterocycles. The second-order valence-electron chi connectivity index (χ2n) is 5.25. The molecule has 62 valence electrons. The van der Waals surface area contributed by atoms with Crippen LogP contribution < -0.4 is 5.32 Å². The number of hydrogen-bond donors (Lipinski definition) is 1. The summed E-state index contributed by atoms with van der Waals surface area (Å²) in [6, 6.07) is 0.895. The van der Waals surface area contributed by atoms with E-state index in [4.69, 9.17) is 0 Å². The third-order valence-electron chi connectivity index (χ3n) is 3.93. The zero-order valence-corrected chi connectivity index (χ0v) is 7.27. The molecule has 0 aromatic carbocycles. The molecule has 0 amide bonds. The van der Waals surface area contributed by atoms with E-state index in [1.165, 1.54) is 25.7 Å². The molecule has 2 saturated carbocycles. The Morgan fingerprint density at radius 1 is 1.09 bits per heavy atom. The molecule has 11 heavy (non-hydrogen) atoms. The number of piperidine rings is 2. The fraction of sp³-hybridized carbons (Fsp3) is 1.00. The summed E-state index contributed by atoms with van der Waals surface area (Å²) < 4.78 is 0. The Bertz CT molecular complexity index is 150. The summed E-state index contributed by atoms with van der Waals surface area (Å²) in [6.45, 7) is 2.43. The average Bonchev–Trinajstić information content (AvgIpc) is 1.79. The van der Waals surface area contributed by atoms with Gasteiger partial charge in [0.2, 0.25) is 0 Å². The van der Waals surface area contributed by atoms with Crippen LogP contribution in [-0.2, 0) is 0 Å². The first-order chi connectivity index (χ1) is 5.23. The van der Waals surface area contributed by atoms with E-state index in [0.717, 1.165) is 17.9 Å². The zero-order chi connectivity index (χ0) is 7.47. The van der Waals surface area contributed by atoms with Gasteiger partial charge in [-0.15, -0.1) is 0 Å². The minimum atomic E-state index is 0.550. The van der Waals surface area contributed by atoms with Crippen molar-refractivity contribution >= 4 is 0 Å². The molecule has 1 heteroatoms. The summed E-state index contributed by atoms with van der Waals surface area (Å²) in [5.74, 6) is 2.16. The molecule has 2 aliphatic heterocycles. The third kappa shape index (κ3) is 0.868. The van der Waals surface area contributed by atoms with Crippen LogP contribution in [0.4, 0.5) is 0 Å². The molecule has 0 unspecified atom stereocenters. The van der Waals surface area contributed by atoms with Gasteiger partial charge in [0.1, 0.15) is 0 Å². The Kier molecular flexibility index (Phi) is 1.07. The van der Waals surface area contributed by atoms with Crippen LogP contribution in [0.1, 0.15) is 39.0 Å². The maximum atomic E-state index is 3.79. The lowest BCUT2D eigenvalue weighted by molar-refractivity contribution is 0.00775. The van der Waals surface area contributed by atoms with E-state index in [0.29, 0.717) is 5.54 Å². The number of nitrogens with one attached hydrogen (secondary N) is 1. The predicted octanol–water partition coefficient (Wildman–Crippen LogP) is 1.93. The van der Waals surface area contributed by atoms with Gasteiger partial charge in [0.25, 0.3) is 0 Å². The van der Waals surface area contributed by atoms with Gasteiger partial charge in [0, 0.05) is 11.6 Å². The van der Waals surface area contributed by atoms with E-state index in [2.05, 4.69) is 12.2 Å². The number of rotatable bonds is 0. The lowest BCUT2D eigenvalue weighted by Crippen LogP contribution is -2.62. The average molecular weight is 151 g/mol. The highest BCUT2D eigenvalue weighted by Crippen LogP contribution is 2.49. The van der Waals surface area contributed by atoms with Crippen molar-refractivity contribution in [3.05, 3.63) is 0 Å². The van der Waals surface area contributed by atoms with E-state index in [-0.39, 0.29) is 0 Å². The van der Waals surface area contributed by atoms with Gasteiger partial charge in [0.05, 0.1) is 0 Å². The van der Waals surface area contributed by atoms with Crippen LogP contribution in [-0.4, -0.2) is 11.6 Å². The molecule has 0 spiro atoms. The summed E-state index contributed by atoms with van der Waals surface area (Å²) in [6.07, 6.45) is 7.42. The smallest absolute Gasteiger partial charge is 0.0161 e. The van der Waals surface area contributed by atoms with Crippen LogP contribution in [0.25, 0.3) is 0 Å². The van der Waals surface area contributed by atoms with Crippen LogP contribution in [0.2, 0.25) is 0 Å². The third-order valence-corrected chi connectivity index (χ3v) is 3.93. The molecular weight excluding hydrogens is 134 g/mol. The summed E-state index contributed by atoms with van der Waals surface area (Å²) in [5.41, 5.74) is 0.550. The van der Waals surface area contributed by atoms with Crippen LogP contribution in [0.5, 0.6) is 0 Å². The SMILES string of the molecule is CC12C[C@@H]3CC(C[C@H](C3)C1)N2. The molecule has 0 aromatic rings. The van der Waals surface area contributed by atoms with Crippen LogP contribution in [0.15, 0.2) is 0 Å². The Hall–Kier alpha value is -0.0400. The molecule has 1 nitrogen and oxygen atoms in total. The predicted molar refractivity (Wildman–Crippen MR) is 45.4 cm³/mol. The van der Waals surface area contributed by atoms with Crippen molar-refractivity contribution in [2.45, 2.75) is 50.6 Å². The Labute approximate surface area is 68.6 Å². The van der Waals surface area contributed by atoms with Crippen molar-refractivity contribution in [1.29, 1.82) is 0 Å². The number of hydrogen-bond acceptors (Lipinski definition) is 1. The topological polar surface area (TPSA) is 12.0 Å². The first kappa shape index (κ1) is 6.47. The second-order valence-corrected chi connectivity index (χ2v) is 5.25. The fourth-order valence-electron chi connectivity index (χ4n) is 3.98. The van der Waals surface area contributed by atoms with Crippen LogP contribution in [0, 0.1) is 11.8 Å². The van der Waals surface area contributed by atoms with Gasteiger partial charge in [-0.1, -0.05) is 0 Å². The maximum absolute atomic E-state index is 3.79. The highest BCUT2D eigenvalue weighted by atomic mass is 15.0. The summed E-state index contributed by atoms with van der Waals surface area (Å²) in [4.78, 5) is 0. The van der Waals surface area contributed by atoms with E-state index in [1.807, 2.05) is 0 Å². The van der Waals surface area contributed by atoms with Gasteiger partial charge in [-0.3, -0.25) is 0 Å². The normalized spacial score (nSPS) is 60.3. The molecule has 1 N–H and O–H groups in total. The largest absolute Gasteiger partial charge is 0.309 e. The highest BCUT2D eigenvalue weighted by molar-refractivity contribution is 5.05. The van der Waals surface area contributed by atoms with Crippen molar-refractivity contribution in [3.63, 3.8) is 0 Å². The molecule has 2 atom stereocenters. The minimum absolute atomic E-state index is 0.550. The van der Waals surface area contributed by atoms with E-state index in [9.17, 15) is 0 Å². The van der Waals surface area contributed by atoms with Gasteiger partial charge in [-0.25, -0.2) is 0 Å². The molecule has 2 saturated heterocycles. The summed E-state index contributed by atoms with van der Waals surface area (Å²) in [7, 11) is 0. The highest BCUT2D eigenvalue weighted by Gasteiger charge is 2.47. The van der Waals surface area contributed by atoms with Crippen molar-refractivity contribution in [1.82, 2.24) is 5.32 Å². The van der Waals surface area contributed by atoms with Gasteiger partial charge in [-0.05, 0) is 50.9 Å². The standard InChI is InChI=1S/C10H17N/c1-10-5-7-2-8(6-10)4-9(3-7)11-10/h7-9,11H,2-6H2,1H3/t7-,8-,9?,10?/m0/s1. The first-order valence-electron chi connectivity index (χ1n) is 5.01. The van der Waals surface area contributed by atoms with E-state index in [1.54, 1.807) is 6.42 Å². The molecule has 0 radical (unpaired) electrons. The molecule has 4 fully saturated rings. The van der Waals surface area contributed by atoms with Gasteiger partial charge in [-0.2, -0.15) is 0 Å². The van der Waals surface area contributed by atoms with Crippen LogP contribution >= 0.6 is 0 Å². The fourth-order valence-corrected chi connectivity index (χ4v) is 3.98. The Morgan fingerprint density at radius 2 is 1.73 bits per heavy atom. The lowest BCUT2D eigenvalue weighted by atomic mass is 9.60. The molecule has 4 rings (SSSR count). The molecular formula is C10H17N. The van der Waals surface area contributed by atoms with E-state index >= 15 is 0 Å². The zero-order valence-electron chi connectivity index (χ0n) is 7.27. The van der Waals surface area contributed by atoms with E-state index < -0.39 is 0 Å².